The zero-order chi connectivity index (χ0) is 12.4. The van der Waals surface area contributed by atoms with E-state index in [4.69, 9.17) is 0 Å². The Morgan fingerprint density at radius 1 is 1.29 bits per heavy atom. The van der Waals surface area contributed by atoms with Crippen LogP contribution in [0.3, 0.4) is 0 Å². The van der Waals surface area contributed by atoms with Crippen LogP contribution in [0.5, 0.6) is 0 Å². The number of halogens is 2. The quantitative estimate of drug-likeness (QED) is 0.921. The summed E-state index contributed by atoms with van der Waals surface area (Å²) in [5.74, 6) is -0.354. The topological polar surface area (TPSA) is 33.1 Å². The number of hydrogen-bond donors (Lipinski definition) is 1. The fraction of sp³-hybridized carbons (Fsp3) is 0.154. The molecule has 1 unspecified atom stereocenters. The first kappa shape index (κ1) is 12.2. The molecule has 0 saturated carbocycles. The number of hydrogen-bond acceptors (Lipinski definition) is 2. The maximum absolute atomic E-state index is 13.2. The van der Waals surface area contributed by atoms with Gasteiger partial charge < -0.3 is 5.11 Å². The number of aromatic nitrogens is 1. The van der Waals surface area contributed by atoms with Gasteiger partial charge in [-0.2, -0.15) is 0 Å². The average molecular weight is 296 g/mol. The summed E-state index contributed by atoms with van der Waals surface area (Å²) in [4.78, 5) is 3.98. The monoisotopic (exact) mass is 295 g/mol. The molecule has 0 spiro atoms. The second-order valence-corrected chi connectivity index (χ2v) is 4.76. The molecule has 88 valence electrons. The highest BCUT2D eigenvalue weighted by atomic mass is 79.9. The standard InChI is InChI=1S/C13H11BrFNO/c1-8-2-3-11(15)5-12(8)13(17)9-4-10(14)7-16-6-9/h2-7,13,17H,1H3. The Balaban J connectivity index is 2.43. The average Bonchev–Trinajstić information content (AvgIpc) is 2.31. The third kappa shape index (κ3) is 2.70. The molecule has 2 aromatic rings. The second-order valence-electron chi connectivity index (χ2n) is 3.84. The van der Waals surface area contributed by atoms with Crippen molar-refractivity contribution >= 4 is 15.9 Å². The van der Waals surface area contributed by atoms with E-state index in [1.54, 1.807) is 24.5 Å². The summed E-state index contributed by atoms with van der Waals surface area (Å²) in [7, 11) is 0. The molecule has 0 aliphatic heterocycles. The third-order valence-electron chi connectivity index (χ3n) is 2.58. The Kier molecular flexibility index (Phi) is 3.54. The van der Waals surface area contributed by atoms with Crippen LogP contribution in [0.15, 0.2) is 41.1 Å². The van der Waals surface area contributed by atoms with Crippen LogP contribution in [0.2, 0.25) is 0 Å². The van der Waals surface area contributed by atoms with Crippen molar-refractivity contribution in [3.63, 3.8) is 0 Å². The molecule has 17 heavy (non-hydrogen) atoms. The van der Waals surface area contributed by atoms with E-state index in [-0.39, 0.29) is 5.82 Å². The fourth-order valence-electron chi connectivity index (χ4n) is 1.66. The van der Waals surface area contributed by atoms with E-state index in [9.17, 15) is 9.50 Å². The molecule has 0 aliphatic rings. The van der Waals surface area contributed by atoms with E-state index >= 15 is 0 Å². The molecule has 1 aromatic heterocycles. The van der Waals surface area contributed by atoms with Gasteiger partial charge in [0.05, 0.1) is 0 Å². The minimum absolute atomic E-state index is 0.354. The van der Waals surface area contributed by atoms with Gasteiger partial charge in [0.2, 0.25) is 0 Å². The molecule has 0 saturated heterocycles. The van der Waals surface area contributed by atoms with Crippen molar-refractivity contribution in [3.8, 4) is 0 Å². The SMILES string of the molecule is Cc1ccc(F)cc1C(O)c1cncc(Br)c1. The first-order chi connectivity index (χ1) is 8.08. The van der Waals surface area contributed by atoms with Crippen molar-refractivity contribution in [3.05, 3.63) is 63.6 Å². The predicted octanol–water partition coefficient (Wildman–Crippen LogP) is 3.37. The first-order valence-electron chi connectivity index (χ1n) is 5.12. The smallest absolute Gasteiger partial charge is 0.123 e. The Bertz CT molecular complexity index is 545. The van der Waals surface area contributed by atoms with Crippen molar-refractivity contribution in [2.75, 3.05) is 0 Å². The van der Waals surface area contributed by atoms with Gasteiger partial charge in [-0.3, -0.25) is 4.98 Å². The summed E-state index contributed by atoms with van der Waals surface area (Å²) in [5, 5.41) is 10.2. The maximum atomic E-state index is 13.2. The zero-order valence-electron chi connectivity index (χ0n) is 9.19. The predicted molar refractivity (Wildman–Crippen MR) is 67.1 cm³/mol. The Morgan fingerprint density at radius 3 is 2.76 bits per heavy atom. The molecule has 1 heterocycles. The van der Waals surface area contributed by atoms with Crippen molar-refractivity contribution in [2.45, 2.75) is 13.0 Å². The molecule has 1 atom stereocenters. The lowest BCUT2D eigenvalue weighted by molar-refractivity contribution is 0.218. The van der Waals surface area contributed by atoms with Crippen molar-refractivity contribution in [1.29, 1.82) is 0 Å². The lowest BCUT2D eigenvalue weighted by Crippen LogP contribution is -2.03. The molecule has 0 fully saturated rings. The van der Waals surface area contributed by atoms with Crippen LogP contribution in [0.25, 0.3) is 0 Å². The Morgan fingerprint density at radius 2 is 2.06 bits per heavy atom. The molecule has 0 amide bonds. The fourth-order valence-corrected chi connectivity index (χ4v) is 2.05. The number of aliphatic hydroxyl groups is 1. The molecule has 2 rings (SSSR count). The molecule has 0 aliphatic carbocycles. The van der Waals surface area contributed by atoms with Gasteiger partial charge in [0.1, 0.15) is 11.9 Å². The zero-order valence-corrected chi connectivity index (χ0v) is 10.8. The molecule has 2 nitrogen and oxygen atoms in total. The van der Waals surface area contributed by atoms with E-state index in [0.29, 0.717) is 11.1 Å². The van der Waals surface area contributed by atoms with Gasteiger partial charge in [0.25, 0.3) is 0 Å². The van der Waals surface area contributed by atoms with Gasteiger partial charge >= 0.3 is 0 Å². The van der Waals surface area contributed by atoms with E-state index in [2.05, 4.69) is 20.9 Å². The number of aliphatic hydroxyl groups excluding tert-OH is 1. The highest BCUT2D eigenvalue weighted by molar-refractivity contribution is 9.10. The summed E-state index contributed by atoms with van der Waals surface area (Å²) in [6, 6.07) is 6.15. The summed E-state index contributed by atoms with van der Waals surface area (Å²) >= 11 is 3.29. The van der Waals surface area contributed by atoms with Crippen LogP contribution < -0.4 is 0 Å². The summed E-state index contributed by atoms with van der Waals surface area (Å²) < 4.78 is 13.9. The molecule has 1 N–H and O–H groups in total. The number of aryl methyl sites for hydroxylation is 1. The molecular weight excluding hydrogens is 285 g/mol. The van der Waals surface area contributed by atoms with Crippen LogP contribution in [-0.2, 0) is 0 Å². The van der Waals surface area contributed by atoms with Crippen LogP contribution >= 0.6 is 15.9 Å². The molecule has 0 bridgehead atoms. The highest BCUT2D eigenvalue weighted by Crippen LogP contribution is 2.26. The highest BCUT2D eigenvalue weighted by Gasteiger charge is 2.14. The van der Waals surface area contributed by atoms with E-state index < -0.39 is 6.10 Å². The van der Waals surface area contributed by atoms with Gasteiger partial charge in [-0.15, -0.1) is 0 Å². The molecule has 0 radical (unpaired) electrons. The maximum Gasteiger partial charge on any atom is 0.123 e. The second kappa shape index (κ2) is 4.94. The summed E-state index contributed by atoms with van der Waals surface area (Å²) in [5.41, 5.74) is 2.04. The summed E-state index contributed by atoms with van der Waals surface area (Å²) in [6.45, 7) is 1.84. The minimum Gasteiger partial charge on any atom is -0.384 e. The number of rotatable bonds is 2. The number of nitrogens with zero attached hydrogens (tertiary/aromatic N) is 1. The molecule has 4 heteroatoms. The Hall–Kier alpha value is -1.26. The normalized spacial score (nSPS) is 12.5. The number of pyridine rings is 1. The van der Waals surface area contributed by atoms with Gasteiger partial charge in [0.15, 0.2) is 0 Å². The first-order valence-corrected chi connectivity index (χ1v) is 5.92. The van der Waals surface area contributed by atoms with E-state index in [0.717, 1.165) is 10.0 Å². The molecular formula is C13H11BrFNO. The van der Waals surface area contributed by atoms with Gasteiger partial charge in [-0.05, 0) is 52.2 Å². The number of benzene rings is 1. The van der Waals surface area contributed by atoms with Crippen molar-refractivity contribution in [1.82, 2.24) is 4.98 Å². The van der Waals surface area contributed by atoms with Crippen LogP contribution in [0.4, 0.5) is 4.39 Å². The van der Waals surface area contributed by atoms with Crippen LogP contribution in [-0.4, -0.2) is 10.1 Å². The van der Waals surface area contributed by atoms with Crippen molar-refractivity contribution in [2.24, 2.45) is 0 Å². The largest absolute Gasteiger partial charge is 0.384 e. The summed E-state index contributed by atoms with van der Waals surface area (Å²) in [6.07, 6.45) is 2.34. The van der Waals surface area contributed by atoms with Crippen LogP contribution in [0, 0.1) is 12.7 Å². The van der Waals surface area contributed by atoms with Gasteiger partial charge in [-0.25, -0.2) is 4.39 Å². The minimum atomic E-state index is -0.865. The van der Waals surface area contributed by atoms with Gasteiger partial charge in [0, 0.05) is 22.4 Å². The van der Waals surface area contributed by atoms with E-state index in [1.165, 1.54) is 12.1 Å². The lowest BCUT2D eigenvalue weighted by atomic mass is 9.98. The lowest BCUT2D eigenvalue weighted by Gasteiger charge is -2.14. The van der Waals surface area contributed by atoms with Crippen molar-refractivity contribution < 1.29 is 9.50 Å². The third-order valence-corrected chi connectivity index (χ3v) is 3.01. The van der Waals surface area contributed by atoms with Crippen LogP contribution in [0.1, 0.15) is 22.8 Å². The van der Waals surface area contributed by atoms with Gasteiger partial charge in [-0.1, -0.05) is 6.07 Å². The van der Waals surface area contributed by atoms with E-state index in [1.807, 2.05) is 6.92 Å². The Labute approximate surface area is 107 Å². The molecule has 1 aromatic carbocycles.